The summed E-state index contributed by atoms with van der Waals surface area (Å²) < 4.78 is 13.0. The maximum Gasteiger partial charge on any atom is 0.319 e. The highest BCUT2D eigenvalue weighted by atomic mass is 19.1. The van der Waals surface area contributed by atoms with Gasteiger partial charge in [0.1, 0.15) is 11.9 Å². The third-order valence-electron chi connectivity index (χ3n) is 1.96. The minimum atomic E-state index is -0.631. The van der Waals surface area contributed by atoms with E-state index in [4.69, 9.17) is 11.0 Å². The molecule has 0 radical (unpaired) electrons. The number of benzene rings is 1. The fourth-order valence-corrected chi connectivity index (χ4v) is 1.23. The van der Waals surface area contributed by atoms with Gasteiger partial charge < -0.3 is 5.73 Å². The zero-order chi connectivity index (χ0) is 11.4. The lowest BCUT2D eigenvalue weighted by Crippen LogP contribution is -2.35. The first-order valence-corrected chi connectivity index (χ1v) is 4.36. The lowest BCUT2D eigenvalue weighted by molar-refractivity contribution is 0.254. The molecule has 0 bridgehead atoms. The van der Waals surface area contributed by atoms with Crippen molar-refractivity contribution in [3.63, 3.8) is 0 Å². The van der Waals surface area contributed by atoms with Gasteiger partial charge in [0.25, 0.3) is 0 Å². The molecular weight excluding hydrogens is 197 g/mol. The highest BCUT2D eigenvalue weighted by Crippen LogP contribution is 2.18. The zero-order valence-corrected chi connectivity index (χ0v) is 8.20. The second-order valence-electron chi connectivity index (χ2n) is 2.86. The normalized spacial score (nSPS) is 9.40. The van der Waals surface area contributed by atoms with E-state index < -0.39 is 11.8 Å². The van der Waals surface area contributed by atoms with Crippen LogP contribution in [-0.4, -0.2) is 12.6 Å². The highest BCUT2D eigenvalue weighted by Gasteiger charge is 2.12. The van der Waals surface area contributed by atoms with Crippen molar-refractivity contribution >= 4 is 11.7 Å². The van der Waals surface area contributed by atoms with E-state index in [2.05, 4.69) is 0 Å². The van der Waals surface area contributed by atoms with Gasteiger partial charge in [0, 0.05) is 12.2 Å². The van der Waals surface area contributed by atoms with Crippen molar-refractivity contribution < 1.29 is 9.18 Å². The molecule has 5 heteroatoms. The van der Waals surface area contributed by atoms with E-state index in [1.54, 1.807) is 13.0 Å². The van der Waals surface area contributed by atoms with Crippen LogP contribution in [0, 0.1) is 17.1 Å². The summed E-state index contributed by atoms with van der Waals surface area (Å²) in [7, 11) is 0. The van der Waals surface area contributed by atoms with Crippen LogP contribution in [0.15, 0.2) is 18.2 Å². The van der Waals surface area contributed by atoms with Gasteiger partial charge in [-0.15, -0.1) is 0 Å². The van der Waals surface area contributed by atoms with Gasteiger partial charge >= 0.3 is 6.03 Å². The van der Waals surface area contributed by atoms with Crippen molar-refractivity contribution in [3.8, 4) is 6.07 Å². The van der Waals surface area contributed by atoms with Crippen LogP contribution in [-0.2, 0) is 0 Å². The predicted octanol–water partition coefficient (Wildman–Crippen LogP) is 1.60. The number of primary amides is 1. The molecule has 2 N–H and O–H groups in total. The number of anilines is 1. The van der Waals surface area contributed by atoms with Crippen LogP contribution in [0.25, 0.3) is 0 Å². The molecule has 0 atom stereocenters. The van der Waals surface area contributed by atoms with E-state index in [1.165, 1.54) is 17.0 Å². The van der Waals surface area contributed by atoms with Gasteiger partial charge in [-0.25, -0.2) is 9.18 Å². The quantitative estimate of drug-likeness (QED) is 0.800. The molecule has 1 aromatic carbocycles. The zero-order valence-electron chi connectivity index (χ0n) is 8.20. The lowest BCUT2D eigenvalue weighted by Gasteiger charge is -2.18. The van der Waals surface area contributed by atoms with E-state index in [0.29, 0.717) is 12.2 Å². The molecule has 0 aliphatic carbocycles. The van der Waals surface area contributed by atoms with Gasteiger partial charge in [-0.3, -0.25) is 4.90 Å². The van der Waals surface area contributed by atoms with E-state index in [9.17, 15) is 9.18 Å². The number of rotatable bonds is 2. The van der Waals surface area contributed by atoms with Crippen LogP contribution in [0.2, 0.25) is 0 Å². The Bertz CT molecular complexity index is 425. The van der Waals surface area contributed by atoms with Gasteiger partial charge in [-0.2, -0.15) is 5.26 Å². The Kier molecular flexibility index (Phi) is 3.24. The number of nitrogens with two attached hydrogens (primary N) is 1. The summed E-state index contributed by atoms with van der Waals surface area (Å²) in [6, 6.07) is 4.91. The molecule has 0 spiro atoms. The van der Waals surface area contributed by atoms with Crippen LogP contribution in [0.5, 0.6) is 0 Å². The summed E-state index contributed by atoms with van der Waals surface area (Å²) in [6.07, 6.45) is 0. The van der Waals surface area contributed by atoms with Crippen molar-refractivity contribution in [1.29, 1.82) is 5.26 Å². The third kappa shape index (κ3) is 2.23. The van der Waals surface area contributed by atoms with E-state index in [-0.39, 0.29) is 5.56 Å². The number of amides is 2. The standard InChI is InChI=1S/C10H10FN3O/c1-2-14(10(13)15)8-3-4-9(11)7(5-8)6-12/h3-5H,2H2,1H3,(H2,13,15). The summed E-state index contributed by atoms with van der Waals surface area (Å²) >= 11 is 0. The Morgan fingerprint density at radius 1 is 1.67 bits per heavy atom. The van der Waals surface area contributed by atoms with Crippen LogP contribution < -0.4 is 10.6 Å². The second kappa shape index (κ2) is 4.42. The average molecular weight is 207 g/mol. The van der Waals surface area contributed by atoms with Crippen LogP contribution in [0.3, 0.4) is 0 Å². The van der Waals surface area contributed by atoms with E-state index in [1.807, 2.05) is 0 Å². The van der Waals surface area contributed by atoms with Gasteiger partial charge in [0.2, 0.25) is 0 Å². The summed E-state index contributed by atoms with van der Waals surface area (Å²) in [5.74, 6) is -0.609. The van der Waals surface area contributed by atoms with Crippen molar-refractivity contribution in [2.45, 2.75) is 6.92 Å². The first kappa shape index (κ1) is 11.0. The molecule has 0 unspecified atom stereocenters. The molecule has 1 aromatic rings. The maximum atomic E-state index is 13.0. The monoisotopic (exact) mass is 207 g/mol. The van der Waals surface area contributed by atoms with Crippen molar-refractivity contribution in [2.75, 3.05) is 11.4 Å². The largest absolute Gasteiger partial charge is 0.351 e. The lowest BCUT2D eigenvalue weighted by atomic mass is 10.2. The molecule has 0 aliphatic rings. The van der Waals surface area contributed by atoms with Crippen LogP contribution in [0.1, 0.15) is 12.5 Å². The molecule has 0 saturated heterocycles. The van der Waals surface area contributed by atoms with Gasteiger partial charge in [0.15, 0.2) is 0 Å². The molecule has 4 nitrogen and oxygen atoms in total. The van der Waals surface area contributed by atoms with E-state index in [0.717, 1.165) is 6.07 Å². The highest BCUT2D eigenvalue weighted by molar-refractivity contribution is 5.90. The molecule has 0 saturated carbocycles. The van der Waals surface area contributed by atoms with Gasteiger partial charge in [-0.05, 0) is 25.1 Å². The Labute approximate surface area is 86.7 Å². The van der Waals surface area contributed by atoms with Crippen molar-refractivity contribution in [1.82, 2.24) is 0 Å². The maximum absolute atomic E-state index is 13.0. The fraction of sp³-hybridized carbons (Fsp3) is 0.200. The number of hydrogen-bond acceptors (Lipinski definition) is 2. The molecule has 78 valence electrons. The Balaban J connectivity index is 3.16. The topological polar surface area (TPSA) is 70.1 Å². The molecule has 2 amide bonds. The van der Waals surface area contributed by atoms with Gasteiger partial charge in [-0.1, -0.05) is 0 Å². The van der Waals surface area contributed by atoms with E-state index >= 15 is 0 Å². The number of carbonyl (C=O) groups excluding carboxylic acids is 1. The summed E-state index contributed by atoms with van der Waals surface area (Å²) in [6.45, 7) is 2.10. The van der Waals surface area contributed by atoms with Crippen molar-refractivity contribution in [3.05, 3.63) is 29.6 Å². The van der Waals surface area contributed by atoms with Gasteiger partial charge in [0.05, 0.1) is 5.56 Å². The number of nitrogens with zero attached hydrogens (tertiary/aromatic N) is 2. The Morgan fingerprint density at radius 2 is 2.33 bits per heavy atom. The fourth-order valence-electron chi connectivity index (χ4n) is 1.23. The summed E-state index contributed by atoms with van der Waals surface area (Å²) in [5.41, 5.74) is 5.43. The molecule has 0 aliphatic heterocycles. The first-order chi connectivity index (χ1) is 7.10. The van der Waals surface area contributed by atoms with Crippen molar-refractivity contribution in [2.24, 2.45) is 5.73 Å². The van der Waals surface area contributed by atoms with Crippen LogP contribution in [0.4, 0.5) is 14.9 Å². The molecule has 0 fully saturated rings. The molecular formula is C10H10FN3O. The smallest absolute Gasteiger partial charge is 0.319 e. The number of halogens is 1. The first-order valence-electron chi connectivity index (χ1n) is 4.36. The predicted molar refractivity (Wildman–Crippen MR) is 53.7 cm³/mol. The average Bonchev–Trinajstić information content (AvgIpc) is 2.21. The molecule has 15 heavy (non-hydrogen) atoms. The SMILES string of the molecule is CCN(C(N)=O)c1ccc(F)c(C#N)c1. The molecule has 1 rings (SSSR count). The summed E-state index contributed by atoms with van der Waals surface area (Å²) in [4.78, 5) is 12.2. The number of hydrogen-bond donors (Lipinski definition) is 1. The minimum absolute atomic E-state index is 0.104. The number of nitriles is 1. The third-order valence-corrected chi connectivity index (χ3v) is 1.96. The number of urea groups is 1. The molecule has 0 heterocycles. The summed E-state index contributed by atoms with van der Waals surface area (Å²) in [5, 5.41) is 8.61. The second-order valence-corrected chi connectivity index (χ2v) is 2.86. The molecule has 0 aromatic heterocycles. The number of carbonyl (C=O) groups is 1. The minimum Gasteiger partial charge on any atom is -0.351 e. The Hall–Kier alpha value is -2.09. The Morgan fingerprint density at radius 3 is 2.80 bits per heavy atom. The van der Waals surface area contributed by atoms with Crippen LogP contribution >= 0.6 is 0 Å².